The van der Waals surface area contributed by atoms with Crippen LogP contribution in [0.5, 0.6) is 0 Å². The Balaban J connectivity index is 1.68. The number of hydrogen-bond acceptors (Lipinski definition) is 4. The van der Waals surface area contributed by atoms with Gasteiger partial charge in [0, 0.05) is 29.7 Å². The Hall–Kier alpha value is -2.51. The van der Waals surface area contributed by atoms with Crippen molar-refractivity contribution in [1.29, 1.82) is 0 Å². The summed E-state index contributed by atoms with van der Waals surface area (Å²) in [7, 11) is 0. The first-order valence-corrected chi connectivity index (χ1v) is 15.6. The molecule has 0 radical (unpaired) electrons. The van der Waals surface area contributed by atoms with Crippen LogP contribution in [0.25, 0.3) is 6.08 Å². The van der Waals surface area contributed by atoms with Crippen LogP contribution in [-0.4, -0.2) is 24.1 Å². The van der Waals surface area contributed by atoms with E-state index in [2.05, 4.69) is 10.8 Å². The number of aryl methyl sites for hydroxylation is 1. The number of rotatable bonds is 9. The van der Waals surface area contributed by atoms with Crippen LogP contribution in [-0.2, 0) is 28.2 Å². The third-order valence-corrected chi connectivity index (χ3v) is 6.68. The van der Waals surface area contributed by atoms with Crippen molar-refractivity contribution in [3.05, 3.63) is 75.4 Å². The van der Waals surface area contributed by atoms with E-state index in [0.29, 0.717) is 42.6 Å². The Morgan fingerprint density at radius 1 is 0.974 bits per heavy atom. The Bertz CT molecular complexity index is 1250. The SMILES string of the molecule is O=C(CCCCNC(=O)c1ccc2c(c1)CC/C(=C\c1cc(C(F)(F)F)cc(C(F)(F)F)c1)C2=O)NOPI. The molecule has 2 N–H and O–H groups in total. The van der Waals surface area contributed by atoms with E-state index < -0.39 is 29.3 Å². The summed E-state index contributed by atoms with van der Waals surface area (Å²) in [5.41, 5.74) is 0.133. The van der Waals surface area contributed by atoms with E-state index in [0.717, 1.165) is 6.08 Å². The number of Topliss-reactive ketones (excluding diaryl/α,β-unsaturated/α-hetero) is 1. The Morgan fingerprint density at radius 3 is 2.26 bits per heavy atom. The summed E-state index contributed by atoms with van der Waals surface area (Å²) in [5.74, 6) is -1.17. The number of nitrogens with one attached hydrogen (secondary N) is 2. The van der Waals surface area contributed by atoms with Gasteiger partial charge in [0.25, 0.3) is 5.91 Å². The summed E-state index contributed by atoms with van der Waals surface area (Å²) in [6.07, 6.45) is -7.26. The van der Waals surface area contributed by atoms with Gasteiger partial charge in [0.1, 0.15) is 6.45 Å². The minimum atomic E-state index is -4.99. The first-order valence-electron chi connectivity index (χ1n) is 11.6. The fourth-order valence-electron chi connectivity index (χ4n) is 3.96. The van der Waals surface area contributed by atoms with Crippen LogP contribution in [0.2, 0.25) is 0 Å². The second-order valence-electron chi connectivity index (χ2n) is 8.63. The number of benzene rings is 2. The van der Waals surface area contributed by atoms with Crippen LogP contribution >= 0.6 is 28.5 Å². The van der Waals surface area contributed by atoms with Crippen molar-refractivity contribution in [3.63, 3.8) is 0 Å². The molecular formula is C25H22F6IN2O4P. The van der Waals surface area contributed by atoms with Crippen molar-refractivity contribution in [3.8, 4) is 0 Å². The number of fused-ring (bicyclic) bond motifs is 1. The van der Waals surface area contributed by atoms with Crippen LogP contribution < -0.4 is 10.8 Å². The van der Waals surface area contributed by atoms with Crippen molar-refractivity contribution < 1.29 is 45.4 Å². The van der Waals surface area contributed by atoms with Gasteiger partial charge in [0.05, 0.1) is 11.1 Å². The molecule has 0 spiro atoms. The molecule has 0 heterocycles. The largest absolute Gasteiger partial charge is 0.416 e. The van der Waals surface area contributed by atoms with Gasteiger partial charge >= 0.3 is 12.4 Å². The highest BCUT2D eigenvalue weighted by Gasteiger charge is 2.37. The maximum atomic E-state index is 13.2. The van der Waals surface area contributed by atoms with Crippen molar-refractivity contribution >= 4 is 52.2 Å². The number of carbonyl (C=O) groups is 3. The normalized spacial score (nSPS) is 15.1. The standard InChI is InChI=1S/C25H22F6IN2O4P/c26-24(27,28)18-10-14(11-19(13-18)25(29,30)31)9-16-5-4-15-12-17(6-7-20(15)22(16)36)23(37)33-8-2-1-3-21(35)34-38-39-32/h6-7,9-13,39H,1-5,8H2,(H,33,37)(H,34,35)/b16-9+. The lowest BCUT2D eigenvalue weighted by molar-refractivity contribution is -0.143. The summed E-state index contributed by atoms with van der Waals surface area (Å²) < 4.78 is 83.8. The molecule has 0 saturated carbocycles. The molecule has 2 aromatic rings. The van der Waals surface area contributed by atoms with Crippen molar-refractivity contribution in [2.45, 2.75) is 44.5 Å². The third kappa shape index (κ3) is 8.74. The Kier molecular flexibility index (Phi) is 10.5. The predicted molar refractivity (Wildman–Crippen MR) is 141 cm³/mol. The molecule has 39 heavy (non-hydrogen) atoms. The number of carbonyl (C=O) groups excluding carboxylic acids is 3. The van der Waals surface area contributed by atoms with Crippen LogP contribution in [0.1, 0.15) is 68.7 Å². The van der Waals surface area contributed by atoms with E-state index in [1.54, 1.807) is 6.07 Å². The molecule has 1 aliphatic rings. The zero-order chi connectivity index (χ0) is 28.8. The van der Waals surface area contributed by atoms with Crippen LogP contribution in [0.4, 0.5) is 26.3 Å². The quantitative estimate of drug-likeness (QED) is 0.0757. The van der Waals surface area contributed by atoms with E-state index in [9.17, 15) is 40.7 Å². The molecule has 2 aromatic carbocycles. The Morgan fingerprint density at radius 2 is 1.64 bits per heavy atom. The molecule has 2 amide bonds. The average molecular weight is 686 g/mol. The Labute approximate surface area is 234 Å². The van der Waals surface area contributed by atoms with E-state index in [-0.39, 0.29) is 60.3 Å². The third-order valence-electron chi connectivity index (χ3n) is 5.84. The molecule has 0 aliphatic heterocycles. The summed E-state index contributed by atoms with van der Waals surface area (Å²) in [6.45, 7) is 0.426. The molecule has 6 nitrogen and oxygen atoms in total. The first kappa shape index (κ1) is 31.0. The van der Waals surface area contributed by atoms with Crippen LogP contribution in [0, 0.1) is 0 Å². The summed E-state index contributed by atoms with van der Waals surface area (Å²) in [4.78, 5) is 36.9. The lowest BCUT2D eigenvalue weighted by atomic mass is 9.85. The number of allylic oxidation sites excluding steroid dienone is 1. The highest BCUT2D eigenvalue weighted by atomic mass is 127. The summed E-state index contributed by atoms with van der Waals surface area (Å²) in [5, 5.41) is 2.73. The second kappa shape index (κ2) is 13.2. The van der Waals surface area contributed by atoms with E-state index in [1.165, 1.54) is 12.1 Å². The number of halogens is 7. The van der Waals surface area contributed by atoms with Gasteiger partial charge in [-0.15, -0.1) is 0 Å². The molecule has 14 heteroatoms. The molecular weight excluding hydrogens is 664 g/mol. The van der Waals surface area contributed by atoms with Gasteiger partial charge in [-0.2, -0.15) is 26.3 Å². The van der Waals surface area contributed by atoms with Crippen molar-refractivity contribution in [2.75, 3.05) is 6.54 Å². The summed E-state index contributed by atoms with van der Waals surface area (Å²) in [6, 6.07) is 5.57. The highest BCUT2D eigenvalue weighted by molar-refractivity contribution is 14.2. The average Bonchev–Trinajstić information content (AvgIpc) is 2.87. The number of amides is 2. The molecule has 0 bridgehead atoms. The molecule has 210 valence electrons. The fraction of sp³-hybridized carbons (Fsp3) is 0.320. The molecule has 1 atom stereocenters. The predicted octanol–water partition coefficient (Wildman–Crippen LogP) is 6.83. The number of unbranched alkanes of at least 4 members (excludes halogenated alkanes) is 1. The number of hydroxylamine groups is 1. The van der Waals surface area contributed by atoms with E-state index >= 15 is 0 Å². The monoisotopic (exact) mass is 686 g/mol. The lowest BCUT2D eigenvalue weighted by Crippen LogP contribution is -2.26. The topological polar surface area (TPSA) is 84.5 Å². The van der Waals surface area contributed by atoms with Gasteiger partial charge in [0.15, 0.2) is 5.78 Å². The second-order valence-corrected chi connectivity index (χ2v) is 10.3. The van der Waals surface area contributed by atoms with Crippen LogP contribution in [0.15, 0.2) is 42.0 Å². The molecule has 0 saturated heterocycles. The van der Waals surface area contributed by atoms with Gasteiger partial charge < -0.3 is 5.32 Å². The zero-order valence-corrected chi connectivity index (χ0v) is 23.2. The highest BCUT2D eigenvalue weighted by Crippen LogP contribution is 2.37. The van der Waals surface area contributed by atoms with Gasteiger partial charge in [-0.3, -0.25) is 14.4 Å². The minimum Gasteiger partial charge on any atom is -0.352 e. The molecule has 1 aliphatic carbocycles. The molecule has 0 aromatic heterocycles. The smallest absolute Gasteiger partial charge is 0.352 e. The fourth-order valence-corrected chi connectivity index (χ4v) is 4.44. The maximum Gasteiger partial charge on any atom is 0.416 e. The minimum absolute atomic E-state index is 0.0336. The van der Waals surface area contributed by atoms with Crippen molar-refractivity contribution in [2.24, 2.45) is 0 Å². The van der Waals surface area contributed by atoms with E-state index in [1.807, 2.05) is 22.0 Å². The molecule has 0 fully saturated rings. The number of alkyl halides is 6. The zero-order valence-electron chi connectivity index (χ0n) is 20.1. The van der Waals surface area contributed by atoms with Crippen molar-refractivity contribution in [1.82, 2.24) is 10.8 Å². The summed E-state index contributed by atoms with van der Waals surface area (Å²) >= 11 is 1.96. The van der Waals surface area contributed by atoms with Gasteiger partial charge in [0.2, 0.25) is 5.91 Å². The molecule has 1 unspecified atom stereocenters. The van der Waals surface area contributed by atoms with Crippen LogP contribution in [0.3, 0.4) is 0 Å². The van der Waals surface area contributed by atoms with Gasteiger partial charge in [-0.25, -0.2) is 10.1 Å². The van der Waals surface area contributed by atoms with Gasteiger partial charge in [-0.05, 0) is 101 Å². The lowest BCUT2D eigenvalue weighted by Gasteiger charge is -2.19. The van der Waals surface area contributed by atoms with E-state index in [4.69, 9.17) is 4.62 Å². The maximum absolute atomic E-state index is 13.2. The van der Waals surface area contributed by atoms with Gasteiger partial charge in [-0.1, -0.05) is 0 Å². The number of ketones is 1. The molecule has 3 rings (SSSR count). The first-order chi connectivity index (χ1) is 18.3. The number of hydrogen-bond donors (Lipinski definition) is 2.